The highest BCUT2D eigenvalue weighted by Crippen LogP contribution is 2.42. The second kappa shape index (κ2) is 8.27. The lowest BCUT2D eigenvalue weighted by atomic mass is 9.75. The number of carbonyl (C=O) groups excluding carboxylic acids is 2. The van der Waals surface area contributed by atoms with Crippen LogP contribution in [0.3, 0.4) is 0 Å². The molecule has 2 rings (SSSR count). The second-order valence-electron chi connectivity index (χ2n) is 5.68. The monoisotopic (exact) mass is 364 g/mol. The zero-order valence-electron chi connectivity index (χ0n) is 14.4. The molecule has 0 aromatic heterocycles. The maximum absolute atomic E-state index is 12.6. The van der Waals surface area contributed by atoms with Crippen LogP contribution in [0.1, 0.15) is 25.3 Å². The fraction of sp³-hybridized carbons (Fsp3) is 0.389. The summed E-state index contributed by atoms with van der Waals surface area (Å²) in [7, 11) is 1.30. The second-order valence-corrected chi connectivity index (χ2v) is 6.08. The topological polar surface area (TPSA) is 91.0 Å². The zero-order chi connectivity index (χ0) is 18.6. The number of allylic oxidation sites excluding steroid dienone is 1. The van der Waals surface area contributed by atoms with Crippen molar-refractivity contribution in [1.82, 2.24) is 0 Å². The Bertz CT molecular complexity index is 742. The summed E-state index contributed by atoms with van der Waals surface area (Å²) in [5.74, 6) is -2.43. The molecule has 6 nitrogen and oxygen atoms in total. The van der Waals surface area contributed by atoms with Gasteiger partial charge >= 0.3 is 11.9 Å². The van der Waals surface area contributed by atoms with E-state index in [1.54, 1.807) is 38.1 Å². The van der Waals surface area contributed by atoms with E-state index in [1.165, 1.54) is 7.11 Å². The molecule has 0 aliphatic carbocycles. The van der Waals surface area contributed by atoms with Crippen molar-refractivity contribution >= 4 is 29.3 Å². The van der Waals surface area contributed by atoms with Gasteiger partial charge in [-0.05, 0) is 25.5 Å². The van der Waals surface area contributed by atoms with E-state index in [-0.39, 0.29) is 13.2 Å². The molecule has 7 heteroatoms. The fourth-order valence-electron chi connectivity index (χ4n) is 3.03. The average Bonchev–Trinajstić information content (AvgIpc) is 2.59. The Hall–Kier alpha value is -2.18. The van der Waals surface area contributed by atoms with Crippen molar-refractivity contribution in [3.05, 3.63) is 46.1 Å². The van der Waals surface area contributed by atoms with Gasteiger partial charge in [0, 0.05) is 28.9 Å². The van der Waals surface area contributed by atoms with Gasteiger partial charge in [0.2, 0.25) is 0 Å². The quantitative estimate of drug-likeness (QED) is 0.810. The molecule has 0 bridgehead atoms. The standard InChI is InChI=1S/C18H21ClN2O4/c1-10-14(17(22)24-3)16(12-6-4-5-7-13(12)19)15(11(2)21-10)18(23)25-9-8-20/h4-7,14,16H,8-9,20H2,1-3H3. The van der Waals surface area contributed by atoms with Gasteiger partial charge in [-0.15, -0.1) is 0 Å². The minimum atomic E-state index is -0.756. The summed E-state index contributed by atoms with van der Waals surface area (Å²) in [6, 6.07) is 7.08. The van der Waals surface area contributed by atoms with Crippen LogP contribution >= 0.6 is 11.6 Å². The first-order valence-electron chi connectivity index (χ1n) is 7.87. The van der Waals surface area contributed by atoms with Crippen molar-refractivity contribution in [3.8, 4) is 0 Å². The third kappa shape index (κ3) is 3.91. The first kappa shape index (κ1) is 19.1. The van der Waals surface area contributed by atoms with E-state index in [9.17, 15) is 9.59 Å². The molecule has 25 heavy (non-hydrogen) atoms. The maximum Gasteiger partial charge on any atom is 0.336 e. The van der Waals surface area contributed by atoms with E-state index in [0.29, 0.717) is 27.6 Å². The van der Waals surface area contributed by atoms with Gasteiger partial charge in [-0.2, -0.15) is 0 Å². The highest BCUT2D eigenvalue weighted by Gasteiger charge is 2.42. The molecule has 0 amide bonds. The van der Waals surface area contributed by atoms with Crippen molar-refractivity contribution < 1.29 is 19.1 Å². The first-order valence-corrected chi connectivity index (χ1v) is 8.25. The first-order chi connectivity index (χ1) is 11.9. The highest BCUT2D eigenvalue weighted by atomic mass is 35.5. The number of methoxy groups -OCH3 is 1. The normalized spacial score (nSPS) is 20.1. The van der Waals surface area contributed by atoms with Crippen LogP contribution in [0.25, 0.3) is 0 Å². The molecule has 1 heterocycles. The molecule has 2 N–H and O–H groups in total. The van der Waals surface area contributed by atoms with Gasteiger partial charge in [-0.25, -0.2) is 4.79 Å². The number of ether oxygens (including phenoxy) is 2. The zero-order valence-corrected chi connectivity index (χ0v) is 15.2. The Balaban J connectivity index is 2.62. The lowest BCUT2D eigenvalue weighted by Crippen LogP contribution is -2.36. The van der Waals surface area contributed by atoms with Crippen LogP contribution < -0.4 is 5.73 Å². The minimum Gasteiger partial charge on any atom is -0.468 e. The van der Waals surface area contributed by atoms with Crippen molar-refractivity contribution in [3.63, 3.8) is 0 Å². The lowest BCUT2D eigenvalue weighted by molar-refractivity contribution is -0.144. The highest BCUT2D eigenvalue weighted by molar-refractivity contribution is 6.31. The van der Waals surface area contributed by atoms with Gasteiger partial charge in [0.25, 0.3) is 0 Å². The van der Waals surface area contributed by atoms with Gasteiger partial charge in [-0.3, -0.25) is 9.79 Å². The Morgan fingerprint density at radius 2 is 1.96 bits per heavy atom. The molecule has 0 spiro atoms. The average molecular weight is 365 g/mol. The van der Waals surface area contributed by atoms with Gasteiger partial charge in [0.15, 0.2) is 0 Å². The number of hydrogen-bond acceptors (Lipinski definition) is 6. The molecule has 134 valence electrons. The molecular formula is C18H21ClN2O4. The SMILES string of the molecule is COC(=O)C1C(C)=NC(C)=C(C(=O)OCCN)C1c1ccccc1Cl. The number of nitrogens with two attached hydrogens (primary N) is 1. The van der Waals surface area contributed by atoms with Crippen LogP contribution in [0, 0.1) is 5.92 Å². The van der Waals surface area contributed by atoms with Crippen molar-refractivity contribution in [1.29, 1.82) is 0 Å². The van der Waals surface area contributed by atoms with Crippen molar-refractivity contribution in [2.24, 2.45) is 16.6 Å². The molecule has 0 fully saturated rings. The smallest absolute Gasteiger partial charge is 0.336 e. The van der Waals surface area contributed by atoms with Crippen LogP contribution in [0.5, 0.6) is 0 Å². The number of esters is 2. The molecule has 1 aliphatic heterocycles. The molecule has 0 saturated carbocycles. The van der Waals surface area contributed by atoms with Crippen LogP contribution in [0.2, 0.25) is 5.02 Å². The van der Waals surface area contributed by atoms with Gasteiger partial charge in [-0.1, -0.05) is 29.8 Å². The van der Waals surface area contributed by atoms with E-state index < -0.39 is 23.8 Å². The molecular weight excluding hydrogens is 344 g/mol. The summed E-state index contributed by atoms with van der Waals surface area (Å²) >= 11 is 6.35. The summed E-state index contributed by atoms with van der Waals surface area (Å²) in [6.45, 7) is 3.73. The summed E-state index contributed by atoms with van der Waals surface area (Å²) in [5.41, 5.74) is 7.40. The number of rotatable bonds is 5. The molecule has 0 radical (unpaired) electrons. The van der Waals surface area contributed by atoms with E-state index in [4.69, 9.17) is 26.8 Å². The molecule has 2 unspecified atom stereocenters. The molecule has 2 atom stereocenters. The van der Waals surface area contributed by atoms with Gasteiger partial charge in [0.05, 0.1) is 12.7 Å². The third-order valence-corrected chi connectivity index (χ3v) is 4.44. The number of carbonyl (C=O) groups is 2. The predicted octanol–water partition coefficient (Wildman–Crippen LogP) is 2.46. The molecule has 1 aliphatic rings. The molecule has 0 saturated heterocycles. The van der Waals surface area contributed by atoms with E-state index in [1.807, 2.05) is 0 Å². The Morgan fingerprint density at radius 1 is 1.28 bits per heavy atom. The molecule has 1 aromatic carbocycles. The number of hydrogen-bond donors (Lipinski definition) is 1. The number of benzene rings is 1. The third-order valence-electron chi connectivity index (χ3n) is 4.09. The van der Waals surface area contributed by atoms with Crippen LogP contribution in [0.4, 0.5) is 0 Å². The Labute approximate surface area is 151 Å². The fourth-order valence-corrected chi connectivity index (χ4v) is 3.28. The van der Waals surface area contributed by atoms with E-state index in [2.05, 4.69) is 4.99 Å². The van der Waals surface area contributed by atoms with E-state index in [0.717, 1.165) is 0 Å². The van der Waals surface area contributed by atoms with Crippen molar-refractivity contribution in [2.45, 2.75) is 19.8 Å². The van der Waals surface area contributed by atoms with Crippen LogP contribution in [-0.2, 0) is 19.1 Å². The van der Waals surface area contributed by atoms with E-state index >= 15 is 0 Å². The Morgan fingerprint density at radius 3 is 2.56 bits per heavy atom. The lowest BCUT2D eigenvalue weighted by Gasteiger charge is -2.31. The minimum absolute atomic E-state index is 0.0798. The number of halogens is 1. The summed E-state index contributed by atoms with van der Waals surface area (Å²) < 4.78 is 10.1. The maximum atomic E-state index is 12.6. The van der Waals surface area contributed by atoms with Crippen molar-refractivity contribution in [2.75, 3.05) is 20.3 Å². The summed E-state index contributed by atoms with van der Waals surface area (Å²) in [4.78, 5) is 29.4. The summed E-state index contributed by atoms with van der Waals surface area (Å²) in [5, 5.41) is 0.452. The Kier molecular flexibility index (Phi) is 6.33. The predicted molar refractivity (Wildman–Crippen MR) is 95.5 cm³/mol. The van der Waals surface area contributed by atoms with Crippen LogP contribution in [-0.4, -0.2) is 37.9 Å². The van der Waals surface area contributed by atoms with Gasteiger partial charge < -0.3 is 15.2 Å². The molecule has 1 aromatic rings. The van der Waals surface area contributed by atoms with Gasteiger partial charge in [0.1, 0.15) is 12.5 Å². The number of aliphatic imine (C=N–C) groups is 1. The van der Waals surface area contributed by atoms with Crippen LogP contribution in [0.15, 0.2) is 40.5 Å². The summed E-state index contributed by atoms with van der Waals surface area (Å²) in [6.07, 6.45) is 0. The largest absolute Gasteiger partial charge is 0.468 e. The number of nitrogens with zero attached hydrogens (tertiary/aromatic N) is 1.